The third-order valence-corrected chi connectivity index (χ3v) is 5.25. The standard InChI is InChI=1S/C24H31ClN2O2/c1-4-15-26-24(29)18(3)27(17-21-7-6-8-22(25)16-21)23(28)14-13-20-11-9-19(5-2)10-12-20/h6-12,16,18H,4-5,13-15,17H2,1-3H3,(H,26,29). The number of aryl methyl sites for hydroxylation is 2. The fourth-order valence-electron chi connectivity index (χ4n) is 3.15. The van der Waals surface area contributed by atoms with E-state index in [1.165, 1.54) is 5.56 Å². The molecule has 0 heterocycles. The molecule has 2 aromatic carbocycles. The number of nitrogens with zero attached hydrogens (tertiary/aromatic N) is 1. The zero-order valence-corrected chi connectivity index (χ0v) is 18.3. The third kappa shape index (κ3) is 7.21. The van der Waals surface area contributed by atoms with Crippen LogP contribution in [0, 0.1) is 0 Å². The SMILES string of the molecule is CCCNC(=O)C(C)N(Cc1cccc(Cl)c1)C(=O)CCc1ccc(CC)cc1. The van der Waals surface area contributed by atoms with E-state index in [0.29, 0.717) is 31.0 Å². The van der Waals surface area contributed by atoms with Gasteiger partial charge in [0.05, 0.1) is 0 Å². The van der Waals surface area contributed by atoms with Crippen LogP contribution in [0.25, 0.3) is 0 Å². The van der Waals surface area contributed by atoms with E-state index in [9.17, 15) is 9.59 Å². The molecule has 0 aliphatic carbocycles. The van der Waals surface area contributed by atoms with Gasteiger partial charge in [0.25, 0.3) is 0 Å². The summed E-state index contributed by atoms with van der Waals surface area (Å²) in [5.41, 5.74) is 3.32. The molecule has 1 unspecified atom stereocenters. The Bertz CT molecular complexity index is 805. The number of benzene rings is 2. The molecule has 2 aromatic rings. The lowest BCUT2D eigenvalue weighted by atomic mass is 10.0. The zero-order valence-electron chi connectivity index (χ0n) is 17.6. The van der Waals surface area contributed by atoms with E-state index in [4.69, 9.17) is 11.6 Å². The molecule has 2 rings (SSSR count). The molecule has 0 aromatic heterocycles. The number of hydrogen-bond donors (Lipinski definition) is 1. The van der Waals surface area contributed by atoms with E-state index in [2.05, 4.69) is 36.5 Å². The van der Waals surface area contributed by atoms with Crippen LogP contribution in [0.2, 0.25) is 5.02 Å². The summed E-state index contributed by atoms with van der Waals surface area (Å²) in [4.78, 5) is 27.2. The summed E-state index contributed by atoms with van der Waals surface area (Å²) in [6, 6.07) is 15.2. The molecule has 0 bridgehead atoms. The lowest BCUT2D eigenvalue weighted by Gasteiger charge is -2.29. The Morgan fingerprint density at radius 2 is 1.72 bits per heavy atom. The molecule has 0 fully saturated rings. The van der Waals surface area contributed by atoms with Gasteiger partial charge in [-0.2, -0.15) is 0 Å². The van der Waals surface area contributed by atoms with Crippen molar-refractivity contribution < 1.29 is 9.59 Å². The molecular weight excluding hydrogens is 384 g/mol. The number of halogens is 1. The van der Waals surface area contributed by atoms with Crippen molar-refractivity contribution in [2.45, 2.75) is 59.0 Å². The van der Waals surface area contributed by atoms with E-state index >= 15 is 0 Å². The minimum atomic E-state index is -0.546. The van der Waals surface area contributed by atoms with Crippen molar-refractivity contribution in [1.82, 2.24) is 10.2 Å². The quantitative estimate of drug-likeness (QED) is 0.608. The van der Waals surface area contributed by atoms with Gasteiger partial charge in [-0.25, -0.2) is 0 Å². The van der Waals surface area contributed by atoms with Crippen LogP contribution in [0.3, 0.4) is 0 Å². The maximum Gasteiger partial charge on any atom is 0.242 e. The maximum atomic E-state index is 13.1. The van der Waals surface area contributed by atoms with E-state index in [1.54, 1.807) is 17.9 Å². The first kappa shape index (κ1) is 23.0. The van der Waals surface area contributed by atoms with Crippen molar-refractivity contribution in [3.05, 3.63) is 70.2 Å². The predicted molar refractivity (Wildman–Crippen MR) is 119 cm³/mol. The highest BCUT2D eigenvalue weighted by Crippen LogP contribution is 2.16. The van der Waals surface area contributed by atoms with Crippen LogP contribution in [0.1, 0.15) is 50.3 Å². The number of rotatable bonds is 10. The predicted octanol–water partition coefficient (Wildman–Crippen LogP) is 4.78. The molecule has 1 atom stereocenters. The van der Waals surface area contributed by atoms with Crippen molar-refractivity contribution in [3.63, 3.8) is 0 Å². The Morgan fingerprint density at radius 3 is 2.34 bits per heavy atom. The highest BCUT2D eigenvalue weighted by Gasteiger charge is 2.25. The largest absolute Gasteiger partial charge is 0.354 e. The first-order chi connectivity index (χ1) is 13.9. The van der Waals surface area contributed by atoms with Crippen molar-refractivity contribution in [1.29, 1.82) is 0 Å². The minimum absolute atomic E-state index is 0.0382. The monoisotopic (exact) mass is 414 g/mol. The number of amides is 2. The second-order valence-electron chi connectivity index (χ2n) is 7.29. The molecule has 0 saturated heterocycles. The highest BCUT2D eigenvalue weighted by atomic mass is 35.5. The molecule has 2 amide bonds. The van der Waals surface area contributed by atoms with Crippen molar-refractivity contribution in [3.8, 4) is 0 Å². The van der Waals surface area contributed by atoms with Gasteiger partial charge in [-0.15, -0.1) is 0 Å². The Labute approximate surface area is 179 Å². The van der Waals surface area contributed by atoms with E-state index in [-0.39, 0.29) is 11.8 Å². The topological polar surface area (TPSA) is 49.4 Å². The number of carbonyl (C=O) groups is 2. The second kappa shape index (κ2) is 11.6. The minimum Gasteiger partial charge on any atom is -0.354 e. The second-order valence-corrected chi connectivity index (χ2v) is 7.73. The van der Waals surface area contributed by atoms with Gasteiger partial charge in [-0.3, -0.25) is 9.59 Å². The Kier molecular flexibility index (Phi) is 9.20. The first-order valence-electron chi connectivity index (χ1n) is 10.3. The first-order valence-corrected chi connectivity index (χ1v) is 10.7. The molecule has 0 aliphatic rings. The molecule has 156 valence electrons. The fraction of sp³-hybridized carbons (Fsp3) is 0.417. The average Bonchev–Trinajstić information content (AvgIpc) is 2.74. The van der Waals surface area contributed by atoms with Crippen LogP contribution in [0.5, 0.6) is 0 Å². The smallest absolute Gasteiger partial charge is 0.242 e. The van der Waals surface area contributed by atoms with Crippen molar-refractivity contribution >= 4 is 23.4 Å². The van der Waals surface area contributed by atoms with E-state index in [1.807, 2.05) is 25.1 Å². The van der Waals surface area contributed by atoms with Gasteiger partial charge in [-0.1, -0.05) is 61.8 Å². The molecule has 29 heavy (non-hydrogen) atoms. The Hall–Kier alpha value is -2.33. The molecule has 0 radical (unpaired) electrons. The van der Waals surface area contributed by atoms with Gasteiger partial charge < -0.3 is 10.2 Å². The van der Waals surface area contributed by atoms with Crippen molar-refractivity contribution in [2.75, 3.05) is 6.54 Å². The highest BCUT2D eigenvalue weighted by molar-refractivity contribution is 6.30. The van der Waals surface area contributed by atoms with Crippen LogP contribution in [0.15, 0.2) is 48.5 Å². The summed E-state index contributed by atoms with van der Waals surface area (Å²) in [6.45, 7) is 6.87. The van der Waals surface area contributed by atoms with Crippen LogP contribution < -0.4 is 5.32 Å². The molecule has 5 heteroatoms. The lowest BCUT2D eigenvalue weighted by Crippen LogP contribution is -2.47. The summed E-state index contributed by atoms with van der Waals surface area (Å²) in [7, 11) is 0. The average molecular weight is 415 g/mol. The molecule has 0 spiro atoms. The number of carbonyl (C=O) groups excluding carboxylic acids is 2. The molecule has 0 aliphatic heterocycles. The summed E-state index contributed by atoms with van der Waals surface area (Å²) in [5, 5.41) is 3.51. The van der Waals surface area contributed by atoms with E-state index < -0.39 is 6.04 Å². The Balaban J connectivity index is 2.11. The van der Waals surface area contributed by atoms with Gasteiger partial charge in [-0.05, 0) is 55.0 Å². The molecular formula is C24H31ClN2O2. The summed E-state index contributed by atoms with van der Waals surface area (Å²) >= 11 is 6.10. The Morgan fingerprint density at radius 1 is 1.03 bits per heavy atom. The van der Waals surface area contributed by atoms with Gasteiger partial charge in [0.15, 0.2) is 0 Å². The van der Waals surface area contributed by atoms with Gasteiger partial charge in [0.2, 0.25) is 11.8 Å². The normalized spacial score (nSPS) is 11.7. The van der Waals surface area contributed by atoms with E-state index in [0.717, 1.165) is 24.0 Å². The van der Waals surface area contributed by atoms with Crippen LogP contribution in [-0.4, -0.2) is 29.3 Å². The molecule has 4 nitrogen and oxygen atoms in total. The van der Waals surface area contributed by atoms with Gasteiger partial charge in [0, 0.05) is 24.5 Å². The number of hydrogen-bond acceptors (Lipinski definition) is 2. The summed E-state index contributed by atoms with van der Waals surface area (Å²) in [5.74, 6) is -0.168. The molecule has 1 N–H and O–H groups in total. The van der Waals surface area contributed by atoms with Crippen LogP contribution in [0.4, 0.5) is 0 Å². The van der Waals surface area contributed by atoms with Crippen LogP contribution >= 0.6 is 11.6 Å². The third-order valence-electron chi connectivity index (χ3n) is 5.02. The molecule has 0 saturated carbocycles. The fourth-order valence-corrected chi connectivity index (χ4v) is 3.36. The van der Waals surface area contributed by atoms with Crippen molar-refractivity contribution in [2.24, 2.45) is 0 Å². The maximum absolute atomic E-state index is 13.1. The summed E-state index contributed by atoms with van der Waals surface area (Å²) < 4.78 is 0. The van der Waals surface area contributed by atoms with Gasteiger partial charge >= 0.3 is 0 Å². The lowest BCUT2D eigenvalue weighted by molar-refractivity contribution is -0.140. The number of nitrogens with one attached hydrogen (secondary N) is 1. The van der Waals surface area contributed by atoms with Gasteiger partial charge in [0.1, 0.15) is 6.04 Å². The zero-order chi connectivity index (χ0) is 21.2. The van der Waals surface area contributed by atoms with Crippen LogP contribution in [-0.2, 0) is 29.0 Å². The summed E-state index contributed by atoms with van der Waals surface area (Å²) in [6.07, 6.45) is 2.86.